The Kier molecular flexibility index (Phi) is 4.16. The van der Waals surface area contributed by atoms with Crippen LogP contribution in [0.1, 0.15) is 11.1 Å². The monoisotopic (exact) mass is 288 g/mol. The first-order valence-electron chi connectivity index (χ1n) is 5.97. The van der Waals surface area contributed by atoms with Crippen molar-refractivity contribution in [1.82, 2.24) is 0 Å². The highest BCUT2D eigenvalue weighted by Gasteiger charge is 2.24. The van der Waals surface area contributed by atoms with E-state index < -0.39 is 16.6 Å². The average Bonchev–Trinajstić information content (AvgIpc) is 2.28. The van der Waals surface area contributed by atoms with Gasteiger partial charge >= 0.3 is 0 Å². The van der Waals surface area contributed by atoms with Crippen molar-refractivity contribution in [2.75, 3.05) is 0 Å². The molecule has 0 aliphatic rings. The minimum absolute atomic E-state index is 1.05. The minimum Gasteiger partial charge on any atom is -0.537 e. The van der Waals surface area contributed by atoms with E-state index in [1.165, 1.54) is 11.1 Å². The summed E-state index contributed by atoms with van der Waals surface area (Å²) >= 11 is 1.66. The number of rotatable bonds is 4. The molecule has 0 atom stereocenters. The zero-order valence-corrected chi connectivity index (χ0v) is 15.0. The zero-order valence-electron chi connectivity index (χ0n) is 12.2. The topological polar surface area (TPSA) is 18.5 Å². The summed E-state index contributed by atoms with van der Waals surface area (Å²) in [4.78, 5) is 0. The number of hydrogen-bond acceptors (Lipinski definition) is 3. The molecule has 17 heavy (non-hydrogen) atoms. The summed E-state index contributed by atoms with van der Waals surface area (Å²) in [6, 6.07) is 0. The maximum absolute atomic E-state index is 6.10. The van der Waals surface area contributed by atoms with Crippen LogP contribution in [0.5, 0.6) is 10.1 Å². The summed E-state index contributed by atoms with van der Waals surface area (Å²) in [5, 5.41) is 2.10. The smallest absolute Gasteiger partial charge is 0.243 e. The molecule has 0 saturated heterocycles. The largest absolute Gasteiger partial charge is 0.537 e. The van der Waals surface area contributed by atoms with Crippen molar-refractivity contribution in [3.8, 4) is 10.1 Å². The standard InChI is InChI=1S/C12H24O2SSi2/c1-9-10(2)12(14-17(6,7)8)15-11(9)13-16(3,4)5/h1-8H3. The Hall–Kier alpha value is -0.266. The van der Waals surface area contributed by atoms with Gasteiger partial charge in [0.15, 0.2) is 10.1 Å². The quantitative estimate of drug-likeness (QED) is 0.741. The Morgan fingerprint density at radius 1 is 0.706 bits per heavy atom. The molecule has 0 aliphatic carbocycles. The van der Waals surface area contributed by atoms with Crippen LogP contribution in [0.15, 0.2) is 0 Å². The van der Waals surface area contributed by atoms with E-state index in [1.807, 2.05) is 0 Å². The molecule has 1 rings (SSSR count). The summed E-state index contributed by atoms with van der Waals surface area (Å²) in [6.45, 7) is 17.5. The minimum atomic E-state index is -1.53. The molecule has 98 valence electrons. The molecular weight excluding hydrogens is 264 g/mol. The predicted molar refractivity (Wildman–Crippen MR) is 81.7 cm³/mol. The molecule has 0 bridgehead atoms. The molecule has 1 heterocycles. The van der Waals surface area contributed by atoms with Crippen LogP contribution < -0.4 is 8.85 Å². The molecule has 0 spiro atoms. The first kappa shape index (κ1) is 14.8. The SMILES string of the molecule is Cc1c(O[Si](C)(C)C)sc(O[Si](C)(C)C)c1C. The van der Waals surface area contributed by atoms with Crippen molar-refractivity contribution >= 4 is 28.0 Å². The van der Waals surface area contributed by atoms with E-state index in [0.717, 1.165) is 10.1 Å². The third-order valence-electron chi connectivity index (χ3n) is 2.16. The van der Waals surface area contributed by atoms with Gasteiger partial charge in [-0.1, -0.05) is 11.3 Å². The van der Waals surface area contributed by atoms with Gasteiger partial charge in [-0.15, -0.1) is 0 Å². The van der Waals surface area contributed by atoms with Gasteiger partial charge in [-0.05, 0) is 53.1 Å². The molecule has 2 nitrogen and oxygen atoms in total. The Morgan fingerprint density at radius 3 is 1.24 bits per heavy atom. The lowest BCUT2D eigenvalue weighted by atomic mass is 10.2. The second-order valence-electron chi connectivity index (χ2n) is 6.36. The Labute approximate surface area is 111 Å². The van der Waals surface area contributed by atoms with E-state index in [-0.39, 0.29) is 0 Å². The van der Waals surface area contributed by atoms with Gasteiger partial charge in [0, 0.05) is 11.1 Å². The maximum Gasteiger partial charge on any atom is 0.243 e. The molecule has 0 aliphatic heterocycles. The number of thiophene rings is 1. The van der Waals surface area contributed by atoms with Gasteiger partial charge in [-0.25, -0.2) is 0 Å². The second kappa shape index (κ2) is 4.78. The first-order chi connectivity index (χ1) is 7.49. The van der Waals surface area contributed by atoms with E-state index in [4.69, 9.17) is 8.85 Å². The van der Waals surface area contributed by atoms with Crippen molar-refractivity contribution in [2.45, 2.75) is 53.1 Å². The van der Waals surface area contributed by atoms with Crippen LogP contribution in [0.3, 0.4) is 0 Å². The van der Waals surface area contributed by atoms with E-state index >= 15 is 0 Å². The summed E-state index contributed by atoms with van der Waals surface area (Å²) in [5.41, 5.74) is 2.48. The molecule has 1 aromatic heterocycles. The van der Waals surface area contributed by atoms with Crippen LogP contribution in [0, 0.1) is 13.8 Å². The number of hydrogen-bond donors (Lipinski definition) is 0. The highest BCUT2D eigenvalue weighted by Crippen LogP contribution is 2.42. The first-order valence-corrected chi connectivity index (χ1v) is 13.6. The normalized spacial score (nSPS) is 12.7. The van der Waals surface area contributed by atoms with Gasteiger partial charge in [-0.3, -0.25) is 0 Å². The second-order valence-corrected chi connectivity index (χ2v) is 16.2. The van der Waals surface area contributed by atoms with Crippen LogP contribution >= 0.6 is 11.3 Å². The van der Waals surface area contributed by atoms with Crippen molar-refractivity contribution in [3.05, 3.63) is 11.1 Å². The van der Waals surface area contributed by atoms with Crippen molar-refractivity contribution in [3.63, 3.8) is 0 Å². The Balaban J connectivity index is 3.00. The molecule has 0 amide bonds. The molecule has 5 heteroatoms. The average molecular weight is 289 g/mol. The van der Waals surface area contributed by atoms with Gasteiger partial charge in [0.2, 0.25) is 16.6 Å². The highest BCUT2D eigenvalue weighted by atomic mass is 32.1. The van der Waals surface area contributed by atoms with Crippen LogP contribution in [0.25, 0.3) is 0 Å². The van der Waals surface area contributed by atoms with Gasteiger partial charge in [-0.2, -0.15) is 0 Å². The van der Waals surface area contributed by atoms with Gasteiger partial charge in [0.05, 0.1) is 0 Å². The Bertz CT molecular complexity index is 363. The van der Waals surface area contributed by atoms with E-state index in [0.29, 0.717) is 0 Å². The van der Waals surface area contributed by atoms with Crippen LogP contribution in [0.4, 0.5) is 0 Å². The van der Waals surface area contributed by atoms with Crippen LogP contribution in [-0.4, -0.2) is 16.6 Å². The van der Waals surface area contributed by atoms with Crippen LogP contribution in [-0.2, 0) is 0 Å². The van der Waals surface area contributed by atoms with Gasteiger partial charge < -0.3 is 8.85 Å². The fraction of sp³-hybridized carbons (Fsp3) is 0.667. The summed E-state index contributed by atoms with van der Waals surface area (Å²) in [6.07, 6.45) is 0. The fourth-order valence-corrected chi connectivity index (χ4v) is 5.33. The molecule has 0 radical (unpaired) electrons. The lowest BCUT2D eigenvalue weighted by Crippen LogP contribution is -2.29. The molecule has 1 aromatic rings. The van der Waals surface area contributed by atoms with Gasteiger partial charge in [0.1, 0.15) is 0 Å². The van der Waals surface area contributed by atoms with Gasteiger partial charge in [0.25, 0.3) is 0 Å². The predicted octanol–water partition coefficient (Wildman–Crippen LogP) is 4.79. The lowest BCUT2D eigenvalue weighted by molar-refractivity contribution is 0.569. The third-order valence-corrected chi connectivity index (χ3v) is 5.24. The summed E-state index contributed by atoms with van der Waals surface area (Å²) in [7, 11) is -3.06. The molecule has 0 aromatic carbocycles. The lowest BCUT2D eigenvalue weighted by Gasteiger charge is -2.18. The molecule has 0 saturated carbocycles. The highest BCUT2D eigenvalue weighted by molar-refractivity contribution is 7.16. The van der Waals surface area contributed by atoms with E-state index in [9.17, 15) is 0 Å². The third kappa shape index (κ3) is 4.48. The van der Waals surface area contributed by atoms with Crippen molar-refractivity contribution in [2.24, 2.45) is 0 Å². The zero-order chi connectivity index (χ0) is 13.4. The summed E-state index contributed by atoms with van der Waals surface area (Å²) < 4.78 is 12.2. The fourth-order valence-electron chi connectivity index (χ4n) is 1.29. The van der Waals surface area contributed by atoms with Crippen molar-refractivity contribution < 1.29 is 8.85 Å². The molecule has 0 unspecified atom stereocenters. The summed E-state index contributed by atoms with van der Waals surface area (Å²) in [5.74, 6) is 0. The van der Waals surface area contributed by atoms with E-state index in [2.05, 4.69) is 53.1 Å². The van der Waals surface area contributed by atoms with Crippen molar-refractivity contribution in [1.29, 1.82) is 0 Å². The molecular formula is C12H24O2SSi2. The Morgan fingerprint density at radius 2 is 1.00 bits per heavy atom. The molecule has 0 N–H and O–H groups in total. The van der Waals surface area contributed by atoms with Crippen LogP contribution in [0.2, 0.25) is 39.3 Å². The van der Waals surface area contributed by atoms with E-state index in [1.54, 1.807) is 11.3 Å². The molecule has 0 fully saturated rings. The maximum atomic E-state index is 6.10.